The molecule has 0 atom stereocenters. The van der Waals surface area contributed by atoms with Gasteiger partial charge in [0.25, 0.3) is 0 Å². The zero-order chi connectivity index (χ0) is 9.97. The maximum atomic E-state index is 5.92. The van der Waals surface area contributed by atoms with E-state index in [1.165, 1.54) is 5.56 Å². The topological polar surface area (TPSA) is 24.1 Å². The van der Waals surface area contributed by atoms with Crippen molar-refractivity contribution in [1.29, 1.82) is 0 Å². The summed E-state index contributed by atoms with van der Waals surface area (Å²) in [5.41, 5.74) is 1.90. The van der Waals surface area contributed by atoms with Crippen LogP contribution in [0.1, 0.15) is 11.5 Å². The van der Waals surface area contributed by atoms with E-state index in [9.17, 15) is 0 Å². The molecule has 0 spiro atoms. The van der Waals surface area contributed by atoms with Crippen LogP contribution in [-0.4, -0.2) is 26.3 Å². The van der Waals surface area contributed by atoms with Gasteiger partial charge in [-0.3, -0.25) is 0 Å². The molecule has 1 radical (unpaired) electrons. The van der Waals surface area contributed by atoms with E-state index >= 15 is 0 Å². The van der Waals surface area contributed by atoms with Crippen molar-refractivity contribution in [3.05, 3.63) is 34.9 Å². The van der Waals surface area contributed by atoms with Crippen molar-refractivity contribution in [2.75, 3.05) is 13.1 Å². The molecule has 1 heterocycles. The van der Waals surface area contributed by atoms with Gasteiger partial charge in [0, 0.05) is 0 Å². The van der Waals surface area contributed by atoms with Gasteiger partial charge in [-0.2, -0.15) is 0 Å². The molecule has 0 unspecified atom stereocenters. The van der Waals surface area contributed by atoms with Crippen molar-refractivity contribution in [2.45, 2.75) is 5.92 Å². The fourth-order valence-corrected chi connectivity index (χ4v) is 1.80. The Kier molecular flexibility index (Phi) is 2.78. The van der Waals surface area contributed by atoms with Gasteiger partial charge in [-0.15, -0.1) is 0 Å². The van der Waals surface area contributed by atoms with Crippen LogP contribution in [0.3, 0.4) is 0 Å². The SMILES string of the molecule is [B]=C1NCC(c2cccc(Cl)c2)CN1. The van der Waals surface area contributed by atoms with Gasteiger partial charge in [-0.05, 0) is 0 Å². The molecule has 0 amide bonds. The van der Waals surface area contributed by atoms with Gasteiger partial charge in [0.05, 0.1) is 0 Å². The maximum absolute atomic E-state index is 5.92. The van der Waals surface area contributed by atoms with Gasteiger partial charge in [0.1, 0.15) is 0 Å². The Hall–Kier alpha value is -0.955. The summed E-state index contributed by atoms with van der Waals surface area (Å²) in [6.45, 7) is 1.72. The molecule has 1 fully saturated rings. The fraction of sp³-hybridized carbons (Fsp3) is 0.300. The number of hydrogen-bond donors (Lipinski definition) is 2. The first-order valence-electron chi connectivity index (χ1n) is 4.61. The quantitative estimate of drug-likeness (QED) is 0.665. The standard InChI is InChI=1S/C10H11BClN2/c11-10-13-5-8(6-14-10)7-2-1-3-9(12)4-7/h1-4,8,13-14H,5-6H2. The average molecular weight is 205 g/mol. The number of benzene rings is 1. The van der Waals surface area contributed by atoms with Crippen molar-refractivity contribution >= 4 is 24.8 Å². The molecule has 0 aromatic heterocycles. The Labute approximate surface area is 89.7 Å². The molecule has 0 bridgehead atoms. The van der Waals surface area contributed by atoms with Crippen LogP contribution in [0.2, 0.25) is 5.02 Å². The Balaban J connectivity index is 2.12. The Morgan fingerprint density at radius 3 is 2.64 bits per heavy atom. The average Bonchev–Trinajstić information content (AvgIpc) is 2.19. The third kappa shape index (κ3) is 2.10. The molecule has 2 nitrogen and oxygen atoms in total. The van der Waals surface area contributed by atoms with Crippen LogP contribution < -0.4 is 10.6 Å². The third-order valence-corrected chi connectivity index (χ3v) is 2.63. The van der Waals surface area contributed by atoms with E-state index < -0.39 is 0 Å². The number of rotatable bonds is 1. The molecular weight excluding hydrogens is 194 g/mol. The van der Waals surface area contributed by atoms with E-state index in [0.29, 0.717) is 11.6 Å². The minimum atomic E-state index is 0.431. The van der Waals surface area contributed by atoms with Crippen molar-refractivity contribution in [2.24, 2.45) is 0 Å². The second-order valence-corrected chi connectivity index (χ2v) is 3.86. The molecule has 71 valence electrons. The summed E-state index contributed by atoms with van der Waals surface area (Å²) in [5.74, 6) is 0.431. The van der Waals surface area contributed by atoms with Crippen molar-refractivity contribution in [1.82, 2.24) is 10.6 Å². The summed E-state index contributed by atoms with van der Waals surface area (Å²) < 4.78 is 0. The molecule has 2 rings (SSSR count). The van der Waals surface area contributed by atoms with E-state index in [-0.39, 0.29) is 0 Å². The molecule has 0 aliphatic carbocycles. The van der Waals surface area contributed by atoms with E-state index in [1.807, 2.05) is 18.2 Å². The normalized spacial score (nSPS) is 17.3. The Morgan fingerprint density at radius 1 is 1.29 bits per heavy atom. The first-order chi connectivity index (χ1) is 6.75. The summed E-state index contributed by atoms with van der Waals surface area (Å²) >= 11 is 5.92. The third-order valence-electron chi connectivity index (χ3n) is 2.40. The van der Waals surface area contributed by atoms with E-state index in [0.717, 1.165) is 18.1 Å². The molecule has 2 N–H and O–H groups in total. The second kappa shape index (κ2) is 4.05. The predicted molar refractivity (Wildman–Crippen MR) is 61.0 cm³/mol. The fourth-order valence-electron chi connectivity index (χ4n) is 1.60. The molecule has 14 heavy (non-hydrogen) atoms. The molecule has 1 aliphatic rings. The number of halogens is 1. The first kappa shape index (κ1) is 9.59. The summed E-state index contributed by atoms with van der Waals surface area (Å²) in [4.78, 5) is 0. The zero-order valence-corrected chi connectivity index (χ0v) is 8.51. The number of hydrogen-bond acceptors (Lipinski definition) is 2. The zero-order valence-electron chi connectivity index (χ0n) is 7.76. The molecule has 1 saturated heterocycles. The second-order valence-electron chi connectivity index (χ2n) is 3.43. The van der Waals surface area contributed by atoms with E-state index in [1.54, 1.807) is 0 Å². The van der Waals surface area contributed by atoms with Crippen LogP contribution in [0.25, 0.3) is 0 Å². The van der Waals surface area contributed by atoms with Crippen LogP contribution in [0.5, 0.6) is 0 Å². The molecule has 4 heteroatoms. The number of nitrogens with one attached hydrogen (secondary N) is 2. The van der Waals surface area contributed by atoms with Crippen LogP contribution in [-0.2, 0) is 0 Å². The molecule has 1 aromatic carbocycles. The Bertz CT molecular complexity index is 344. The Morgan fingerprint density at radius 2 is 2.00 bits per heavy atom. The minimum absolute atomic E-state index is 0.431. The van der Waals surface area contributed by atoms with Crippen LogP contribution >= 0.6 is 11.6 Å². The van der Waals surface area contributed by atoms with Gasteiger partial charge in [-0.25, -0.2) is 0 Å². The summed E-state index contributed by atoms with van der Waals surface area (Å²) in [5, 5.41) is 6.96. The van der Waals surface area contributed by atoms with Crippen molar-refractivity contribution in [3.63, 3.8) is 0 Å². The van der Waals surface area contributed by atoms with E-state index in [4.69, 9.17) is 19.1 Å². The van der Waals surface area contributed by atoms with Crippen molar-refractivity contribution < 1.29 is 0 Å². The van der Waals surface area contributed by atoms with Gasteiger partial charge in [0.2, 0.25) is 0 Å². The molecular formula is C10H11BClN2. The van der Waals surface area contributed by atoms with Crippen LogP contribution in [0.15, 0.2) is 24.3 Å². The summed E-state index contributed by atoms with van der Waals surface area (Å²) in [7, 11) is 5.57. The van der Waals surface area contributed by atoms with Crippen molar-refractivity contribution in [3.8, 4) is 0 Å². The van der Waals surface area contributed by atoms with Crippen LogP contribution in [0, 0.1) is 0 Å². The van der Waals surface area contributed by atoms with Gasteiger partial charge in [-0.1, -0.05) is 0 Å². The van der Waals surface area contributed by atoms with Crippen LogP contribution in [0.4, 0.5) is 0 Å². The van der Waals surface area contributed by atoms with Gasteiger partial charge in [0.15, 0.2) is 0 Å². The van der Waals surface area contributed by atoms with Gasteiger partial charge >= 0.3 is 89.3 Å². The van der Waals surface area contributed by atoms with Gasteiger partial charge < -0.3 is 0 Å². The monoisotopic (exact) mass is 205 g/mol. The first-order valence-corrected chi connectivity index (χ1v) is 4.99. The molecule has 1 aliphatic heterocycles. The summed E-state index contributed by atoms with van der Waals surface area (Å²) in [6.07, 6.45) is 0. The van der Waals surface area contributed by atoms with E-state index in [2.05, 4.69) is 16.7 Å². The molecule has 0 saturated carbocycles. The summed E-state index contributed by atoms with van der Waals surface area (Å²) in [6, 6.07) is 7.94. The predicted octanol–water partition coefficient (Wildman–Crippen LogP) is 0.872. The molecule has 1 aromatic rings.